The van der Waals surface area contributed by atoms with Gasteiger partial charge in [-0.05, 0) is 27.2 Å². The van der Waals surface area contributed by atoms with Gasteiger partial charge in [0.05, 0.1) is 0 Å². The number of nitrogens with zero attached hydrogens (tertiary/aromatic N) is 2. The molecular weight excluding hydrogens is 216 g/mol. The lowest BCUT2D eigenvalue weighted by Gasteiger charge is -2.10. The van der Waals surface area contributed by atoms with E-state index in [-0.39, 0.29) is 0 Å². The molecule has 96 valence electrons. The van der Waals surface area contributed by atoms with Crippen LogP contribution in [0.15, 0.2) is 6.20 Å². The Labute approximate surface area is 103 Å². The first-order valence-corrected chi connectivity index (χ1v) is 6.17. The maximum atomic E-state index is 5.28. The second-order valence-electron chi connectivity index (χ2n) is 3.73. The Hall–Kier alpha value is -1.36. The van der Waals surface area contributed by atoms with Crippen molar-refractivity contribution in [3.8, 4) is 0 Å². The first-order chi connectivity index (χ1) is 8.27. The van der Waals surface area contributed by atoms with Crippen molar-refractivity contribution in [1.82, 2.24) is 9.97 Å². The van der Waals surface area contributed by atoms with E-state index in [0.29, 0.717) is 5.95 Å². The highest BCUT2D eigenvalue weighted by Gasteiger charge is 2.02. The van der Waals surface area contributed by atoms with Gasteiger partial charge in [0, 0.05) is 38.1 Å². The third-order valence-corrected chi connectivity index (χ3v) is 2.27. The van der Waals surface area contributed by atoms with Crippen LogP contribution in [-0.4, -0.2) is 36.3 Å². The van der Waals surface area contributed by atoms with Crippen molar-refractivity contribution in [2.24, 2.45) is 0 Å². The summed E-state index contributed by atoms with van der Waals surface area (Å²) in [5.74, 6) is 1.57. The number of anilines is 2. The predicted molar refractivity (Wildman–Crippen MR) is 70.5 cm³/mol. The lowest BCUT2D eigenvalue weighted by Crippen LogP contribution is -2.10. The summed E-state index contributed by atoms with van der Waals surface area (Å²) in [5, 5.41) is 6.40. The Morgan fingerprint density at radius 1 is 1.29 bits per heavy atom. The van der Waals surface area contributed by atoms with Gasteiger partial charge in [0.15, 0.2) is 0 Å². The number of aryl methyl sites for hydroxylation is 1. The molecule has 0 saturated heterocycles. The molecule has 0 spiro atoms. The van der Waals surface area contributed by atoms with E-state index in [0.717, 1.165) is 44.1 Å². The van der Waals surface area contributed by atoms with Gasteiger partial charge in [0.25, 0.3) is 0 Å². The van der Waals surface area contributed by atoms with Gasteiger partial charge in [0.1, 0.15) is 5.82 Å². The zero-order valence-corrected chi connectivity index (χ0v) is 10.9. The van der Waals surface area contributed by atoms with Crippen LogP contribution < -0.4 is 10.6 Å². The van der Waals surface area contributed by atoms with Crippen molar-refractivity contribution in [3.63, 3.8) is 0 Å². The maximum Gasteiger partial charge on any atom is 0.224 e. The average molecular weight is 238 g/mol. The minimum atomic E-state index is 0.672. The molecule has 5 nitrogen and oxygen atoms in total. The average Bonchev–Trinajstić information content (AvgIpc) is 2.33. The predicted octanol–water partition coefficient (Wildman–Crippen LogP) is 2.06. The standard InChI is InChI=1S/C12H22N4O/c1-4-13-12-15-9-10(3)11(16-12)14-7-6-8-17-5-2/h9H,4-8H2,1-3H3,(H2,13,14,15,16). The van der Waals surface area contributed by atoms with Crippen LogP contribution in [0.5, 0.6) is 0 Å². The highest BCUT2D eigenvalue weighted by molar-refractivity contribution is 5.46. The van der Waals surface area contributed by atoms with E-state index in [1.807, 2.05) is 27.0 Å². The third kappa shape index (κ3) is 4.99. The number of ether oxygens (including phenoxy) is 1. The summed E-state index contributed by atoms with van der Waals surface area (Å²) in [5.41, 5.74) is 1.06. The molecule has 0 aromatic carbocycles. The van der Waals surface area contributed by atoms with E-state index in [2.05, 4.69) is 20.6 Å². The van der Waals surface area contributed by atoms with Crippen LogP contribution in [0.1, 0.15) is 25.8 Å². The zero-order chi connectivity index (χ0) is 12.5. The Morgan fingerprint density at radius 2 is 2.12 bits per heavy atom. The van der Waals surface area contributed by atoms with Crippen LogP contribution in [0.3, 0.4) is 0 Å². The molecule has 0 fully saturated rings. The highest BCUT2D eigenvalue weighted by Crippen LogP contribution is 2.12. The van der Waals surface area contributed by atoms with Crippen LogP contribution in [-0.2, 0) is 4.74 Å². The lowest BCUT2D eigenvalue weighted by atomic mass is 10.3. The van der Waals surface area contributed by atoms with E-state index in [1.54, 1.807) is 0 Å². The number of hydrogen-bond donors (Lipinski definition) is 2. The SMILES string of the molecule is CCNc1ncc(C)c(NCCCOCC)n1. The van der Waals surface area contributed by atoms with Gasteiger partial charge in [-0.3, -0.25) is 0 Å². The minimum Gasteiger partial charge on any atom is -0.382 e. The van der Waals surface area contributed by atoms with E-state index in [4.69, 9.17) is 4.74 Å². The molecule has 0 saturated carbocycles. The van der Waals surface area contributed by atoms with Gasteiger partial charge in [-0.2, -0.15) is 4.98 Å². The van der Waals surface area contributed by atoms with E-state index in [9.17, 15) is 0 Å². The van der Waals surface area contributed by atoms with E-state index in [1.165, 1.54) is 0 Å². The molecule has 17 heavy (non-hydrogen) atoms. The summed E-state index contributed by atoms with van der Waals surface area (Å²) in [7, 11) is 0. The van der Waals surface area contributed by atoms with Crippen molar-refractivity contribution in [2.45, 2.75) is 27.2 Å². The van der Waals surface area contributed by atoms with Crippen LogP contribution in [0.2, 0.25) is 0 Å². The Bertz CT molecular complexity index is 330. The molecule has 0 radical (unpaired) electrons. The molecule has 0 aliphatic heterocycles. The minimum absolute atomic E-state index is 0.672. The van der Waals surface area contributed by atoms with Gasteiger partial charge in [-0.25, -0.2) is 4.98 Å². The summed E-state index contributed by atoms with van der Waals surface area (Å²) < 4.78 is 5.28. The summed E-state index contributed by atoms with van der Waals surface area (Å²) >= 11 is 0. The second-order valence-corrected chi connectivity index (χ2v) is 3.73. The topological polar surface area (TPSA) is 59.1 Å². The Kier molecular flexibility index (Phi) is 6.32. The number of hydrogen-bond acceptors (Lipinski definition) is 5. The van der Waals surface area contributed by atoms with Crippen molar-refractivity contribution in [2.75, 3.05) is 36.9 Å². The zero-order valence-electron chi connectivity index (χ0n) is 10.9. The Balaban J connectivity index is 2.42. The third-order valence-electron chi connectivity index (χ3n) is 2.27. The van der Waals surface area contributed by atoms with Gasteiger partial charge in [-0.1, -0.05) is 0 Å². The summed E-state index contributed by atoms with van der Waals surface area (Å²) in [4.78, 5) is 8.61. The summed E-state index contributed by atoms with van der Waals surface area (Å²) in [6, 6.07) is 0. The summed E-state index contributed by atoms with van der Waals surface area (Å²) in [6.07, 6.45) is 2.81. The van der Waals surface area contributed by atoms with Crippen molar-refractivity contribution >= 4 is 11.8 Å². The molecule has 0 amide bonds. The fraction of sp³-hybridized carbons (Fsp3) is 0.667. The van der Waals surface area contributed by atoms with Crippen molar-refractivity contribution in [1.29, 1.82) is 0 Å². The van der Waals surface area contributed by atoms with Gasteiger partial charge in [-0.15, -0.1) is 0 Å². The number of rotatable bonds is 8. The molecule has 5 heteroatoms. The molecule has 1 aromatic rings. The maximum absolute atomic E-state index is 5.28. The van der Waals surface area contributed by atoms with Crippen LogP contribution >= 0.6 is 0 Å². The normalized spacial score (nSPS) is 10.3. The molecule has 1 heterocycles. The molecule has 0 bridgehead atoms. The molecule has 0 atom stereocenters. The Morgan fingerprint density at radius 3 is 2.82 bits per heavy atom. The van der Waals surface area contributed by atoms with Crippen LogP contribution in [0.4, 0.5) is 11.8 Å². The monoisotopic (exact) mass is 238 g/mol. The van der Waals surface area contributed by atoms with Crippen LogP contribution in [0, 0.1) is 6.92 Å². The lowest BCUT2D eigenvalue weighted by molar-refractivity contribution is 0.147. The fourth-order valence-corrected chi connectivity index (χ4v) is 1.39. The van der Waals surface area contributed by atoms with E-state index >= 15 is 0 Å². The molecule has 1 rings (SSSR count). The quantitative estimate of drug-likeness (QED) is 0.679. The highest BCUT2D eigenvalue weighted by atomic mass is 16.5. The number of nitrogens with one attached hydrogen (secondary N) is 2. The fourth-order valence-electron chi connectivity index (χ4n) is 1.39. The van der Waals surface area contributed by atoms with Gasteiger partial charge in [0.2, 0.25) is 5.95 Å². The van der Waals surface area contributed by atoms with E-state index < -0.39 is 0 Å². The van der Waals surface area contributed by atoms with Gasteiger partial charge >= 0.3 is 0 Å². The second kappa shape index (κ2) is 7.84. The first kappa shape index (κ1) is 13.7. The van der Waals surface area contributed by atoms with Crippen molar-refractivity contribution in [3.05, 3.63) is 11.8 Å². The van der Waals surface area contributed by atoms with Crippen LogP contribution in [0.25, 0.3) is 0 Å². The molecule has 0 aliphatic rings. The molecule has 2 N–H and O–H groups in total. The smallest absolute Gasteiger partial charge is 0.224 e. The molecule has 0 aliphatic carbocycles. The molecular formula is C12H22N4O. The molecule has 1 aromatic heterocycles. The largest absolute Gasteiger partial charge is 0.382 e. The van der Waals surface area contributed by atoms with Crippen molar-refractivity contribution < 1.29 is 4.74 Å². The van der Waals surface area contributed by atoms with Gasteiger partial charge < -0.3 is 15.4 Å². The number of aromatic nitrogens is 2. The summed E-state index contributed by atoms with van der Waals surface area (Å²) in [6.45, 7) is 9.28. The first-order valence-electron chi connectivity index (χ1n) is 6.17. The molecule has 0 unspecified atom stereocenters.